The molecule has 5 N–H and O–H groups in total. The average Bonchev–Trinajstić information content (AvgIpc) is 3.18. The third-order valence-corrected chi connectivity index (χ3v) is 3.50. The highest BCUT2D eigenvalue weighted by atomic mass is 32.1. The zero-order valence-corrected chi connectivity index (χ0v) is 12.2. The van der Waals surface area contributed by atoms with Crippen LogP contribution >= 0.6 is 11.3 Å². The molecule has 3 aromatic rings. The number of H-pyrrole nitrogens is 1. The molecule has 0 atom stereocenters. The van der Waals surface area contributed by atoms with Crippen LogP contribution in [0.15, 0.2) is 42.9 Å². The van der Waals surface area contributed by atoms with Crippen LogP contribution < -0.4 is 11.5 Å². The van der Waals surface area contributed by atoms with Gasteiger partial charge in [-0.25, -0.2) is 4.98 Å². The minimum absolute atomic E-state index is 0.131. The van der Waals surface area contributed by atoms with Crippen LogP contribution in [-0.2, 0) is 0 Å². The van der Waals surface area contributed by atoms with Crippen molar-refractivity contribution >= 4 is 28.5 Å². The van der Waals surface area contributed by atoms with Gasteiger partial charge in [-0.2, -0.15) is 0 Å². The van der Waals surface area contributed by atoms with Gasteiger partial charge in [0, 0.05) is 24.2 Å². The Balaban J connectivity index is 0.000000211. The topological polar surface area (TPSA) is 128 Å². The molecule has 7 nitrogen and oxygen atoms in total. The molecule has 3 aromatic heterocycles. The quantitative estimate of drug-likeness (QED) is 0.634. The monoisotopic (exact) mass is 315 g/mol. The van der Waals surface area contributed by atoms with Gasteiger partial charge in [0.25, 0.3) is 5.91 Å². The molecule has 0 bridgehead atoms. The predicted octanol–water partition coefficient (Wildman–Crippen LogP) is 1.71. The Morgan fingerprint density at radius 3 is 2.45 bits per heavy atom. The molecule has 112 valence electrons. The van der Waals surface area contributed by atoms with E-state index >= 15 is 0 Å². The second-order valence-electron chi connectivity index (χ2n) is 4.08. The number of pyridine rings is 1. The molecule has 0 aliphatic heterocycles. The second kappa shape index (κ2) is 7.14. The molecule has 0 radical (unpaired) electrons. The summed E-state index contributed by atoms with van der Waals surface area (Å²) in [5.74, 6) is -0.607. The number of hydrogen-bond donors (Lipinski definition) is 3. The van der Waals surface area contributed by atoms with Gasteiger partial charge in [0.1, 0.15) is 10.0 Å². The molecular weight excluding hydrogens is 302 g/mol. The lowest BCUT2D eigenvalue weighted by atomic mass is 10.3. The Morgan fingerprint density at radius 1 is 1.27 bits per heavy atom. The molecule has 0 aliphatic carbocycles. The second-order valence-corrected chi connectivity index (χ2v) is 5.11. The molecule has 3 heterocycles. The van der Waals surface area contributed by atoms with Crippen molar-refractivity contribution in [3.8, 4) is 10.6 Å². The van der Waals surface area contributed by atoms with Crippen molar-refractivity contribution < 1.29 is 9.59 Å². The summed E-state index contributed by atoms with van der Waals surface area (Å²) < 4.78 is 0. The van der Waals surface area contributed by atoms with Crippen molar-refractivity contribution in [1.82, 2.24) is 15.0 Å². The van der Waals surface area contributed by atoms with E-state index in [0.717, 1.165) is 11.8 Å². The van der Waals surface area contributed by atoms with E-state index < -0.39 is 5.91 Å². The van der Waals surface area contributed by atoms with Gasteiger partial charge in [0.2, 0.25) is 0 Å². The number of rotatable bonds is 3. The van der Waals surface area contributed by atoms with E-state index in [1.54, 1.807) is 42.9 Å². The number of amides is 1. The fourth-order valence-corrected chi connectivity index (χ4v) is 2.39. The lowest BCUT2D eigenvalue weighted by molar-refractivity contribution is 0.0996. The molecule has 0 aromatic carbocycles. The van der Waals surface area contributed by atoms with Gasteiger partial charge in [-0.15, -0.1) is 0 Å². The van der Waals surface area contributed by atoms with Crippen molar-refractivity contribution in [3.05, 3.63) is 54.2 Å². The number of anilines is 1. The maximum Gasteiger partial charge on any atom is 0.270 e. The molecule has 0 unspecified atom stereocenters. The highest BCUT2D eigenvalue weighted by molar-refractivity contribution is 7.19. The predicted molar refractivity (Wildman–Crippen MR) is 84.5 cm³/mol. The van der Waals surface area contributed by atoms with Gasteiger partial charge in [-0.05, 0) is 24.3 Å². The fraction of sp³-hybridized carbons (Fsp3) is 0. The van der Waals surface area contributed by atoms with Gasteiger partial charge in [-0.1, -0.05) is 11.3 Å². The van der Waals surface area contributed by atoms with Gasteiger partial charge < -0.3 is 16.5 Å². The van der Waals surface area contributed by atoms with Crippen molar-refractivity contribution in [2.45, 2.75) is 0 Å². The number of nitrogens with zero attached hydrogens (tertiary/aromatic N) is 2. The van der Waals surface area contributed by atoms with Gasteiger partial charge >= 0.3 is 0 Å². The molecule has 1 amide bonds. The lowest BCUT2D eigenvalue weighted by Crippen LogP contribution is -2.13. The number of nitrogens with one attached hydrogen (secondary N) is 1. The normalized spacial score (nSPS) is 9.64. The van der Waals surface area contributed by atoms with Crippen molar-refractivity contribution in [3.63, 3.8) is 0 Å². The smallest absolute Gasteiger partial charge is 0.270 e. The first-order valence-corrected chi connectivity index (χ1v) is 6.98. The first kappa shape index (κ1) is 15.4. The summed E-state index contributed by atoms with van der Waals surface area (Å²) in [6.45, 7) is 0. The first-order chi connectivity index (χ1) is 10.6. The molecule has 3 rings (SSSR count). The Labute approximate surface area is 130 Å². The van der Waals surface area contributed by atoms with Gasteiger partial charge in [-0.3, -0.25) is 14.6 Å². The van der Waals surface area contributed by atoms with Crippen LogP contribution in [0.1, 0.15) is 21.0 Å². The number of carbonyl (C=O) groups excluding carboxylic acids is 2. The Morgan fingerprint density at radius 2 is 2.00 bits per heavy atom. The Kier molecular flexibility index (Phi) is 4.99. The summed E-state index contributed by atoms with van der Waals surface area (Å²) in [5, 5.41) is 1.01. The zero-order valence-electron chi connectivity index (χ0n) is 11.4. The van der Waals surface area contributed by atoms with E-state index in [4.69, 9.17) is 11.5 Å². The third kappa shape index (κ3) is 3.76. The van der Waals surface area contributed by atoms with Crippen LogP contribution in [0.25, 0.3) is 10.6 Å². The Hall–Kier alpha value is -3.00. The number of aromatic nitrogens is 3. The molecule has 0 saturated carbocycles. The van der Waals surface area contributed by atoms with Crippen molar-refractivity contribution in [2.24, 2.45) is 5.73 Å². The highest BCUT2D eigenvalue weighted by Gasteiger charge is 2.13. The van der Waals surface area contributed by atoms with Gasteiger partial charge in [0.05, 0.1) is 5.69 Å². The molecule has 22 heavy (non-hydrogen) atoms. The van der Waals surface area contributed by atoms with E-state index in [-0.39, 0.29) is 5.69 Å². The molecule has 8 heteroatoms. The number of nitrogen functional groups attached to an aromatic ring is 1. The summed E-state index contributed by atoms with van der Waals surface area (Å²) in [5.41, 5.74) is 12.4. The first-order valence-electron chi connectivity index (χ1n) is 6.17. The summed E-state index contributed by atoms with van der Waals surface area (Å²) in [6.07, 6.45) is 5.79. The van der Waals surface area contributed by atoms with Gasteiger partial charge in [0.15, 0.2) is 12.0 Å². The standard InChI is InChI=1S/C9H8N4OS.C5H5NO/c10-7(14)6-8(11)15-9(13-6)5-1-3-12-4-2-5;7-4-5-2-1-3-6-5/h1-4H,11H2,(H2,10,14);1-4,6H. The van der Waals surface area contributed by atoms with Crippen molar-refractivity contribution in [2.75, 3.05) is 5.73 Å². The highest BCUT2D eigenvalue weighted by Crippen LogP contribution is 2.29. The largest absolute Gasteiger partial charge is 0.389 e. The van der Waals surface area contributed by atoms with Crippen LogP contribution in [0.5, 0.6) is 0 Å². The number of thiazole rings is 1. The van der Waals surface area contributed by atoms with Crippen LogP contribution in [0, 0.1) is 0 Å². The van der Waals surface area contributed by atoms with E-state index in [1.807, 2.05) is 0 Å². The average molecular weight is 315 g/mol. The minimum atomic E-state index is -0.607. The van der Waals surface area contributed by atoms with Crippen molar-refractivity contribution in [1.29, 1.82) is 0 Å². The fourth-order valence-electron chi connectivity index (χ4n) is 1.54. The maximum atomic E-state index is 10.9. The minimum Gasteiger partial charge on any atom is -0.389 e. The van der Waals surface area contributed by atoms with Crippen LogP contribution in [0.4, 0.5) is 5.00 Å². The lowest BCUT2D eigenvalue weighted by Gasteiger charge is -1.92. The summed E-state index contributed by atoms with van der Waals surface area (Å²) >= 11 is 1.23. The third-order valence-electron chi connectivity index (χ3n) is 2.56. The molecule has 0 saturated heterocycles. The summed E-state index contributed by atoms with van der Waals surface area (Å²) in [4.78, 5) is 31.5. The maximum absolute atomic E-state index is 10.9. The van der Waals surface area contributed by atoms with Crippen LogP contribution in [0.3, 0.4) is 0 Å². The number of primary amides is 1. The SMILES string of the molecule is NC(=O)c1nc(-c2ccncc2)sc1N.O=Cc1ccc[nH]1. The van der Waals surface area contributed by atoms with E-state index in [9.17, 15) is 9.59 Å². The number of hydrogen-bond acceptors (Lipinski definition) is 6. The Bertz CT molecular complexity index is 753. The van der Waals surface area contributed by atoms with E-state index in [2.05, 4.69) is 15.0 Å². The molecular formula is C14H13N5O2S. The van der Waals surface area contributed by atoms with Crippen LogP contribution in [-0.4, -0.2) is 27.1 Å². The molecule has 0 spiro atoms. The zero-order chi connectivity index (χ0) is 15.9. The molecule has 0 fully saturated rings. The summed E-state index contributed by atoms with van der Waals surface area (Å²) in [7, 11) is 0. The number of carbonyl (C=O) groups is 2. The van der Waals surface area contributed by atoms with Crippen LogP contribution in [0.2, 0.25) is 0 Å². The number of nitrogens with two attached hydrogens (primary N) is 2. The number of aldehydes is 1. The van der Waals surface area contributed by atoms with E-state index in [0.29, 0.717) is 15.7 Å². The number of aromatic amines is 1. The molecule has 0 aliphatic rings. The van der Waals surface area contributed by atoms with E-state index in [1.165, 1.54) is 11.3 Å². The summed E-state index contributed by atoms with van der Waals surface area (Å²) in [6, 6.07) is 7.09.